The summed E-state index contributed by atoms with van der Waals surface area (Å²) in [5.41, 5.74) is 2.06. The number of aromatic nitrogens is 3. The van der Waals surface area contributed by atoms with Crippen LogP contribution in [0.4, 0.5) is 0 Å². The predicted molar refractivity (Wildman–Crippen MR) is 67.3 cm³/mol. The standard InChI is InChI=1S/C14H11N3.Fe/c1-3-7-11(8-4-1)13-15-14(17-16-13)12-9-5-2-6-10-12;/h1-10H,(H,15,16,17);. The fourth-order valence-electron chi connectivity index (χ4n) is 1.70. The largest absolute Gasteiger partial charge is 0.259 e. The van der Waals surface area contributed by atoms with E-state index in [4.69, 9.17) is 0 Å². The van der Waals surface area contributed by atoms with Crippen LogP contribution in [0.1, 0.15) is 0 Å². The van der Waals surface area contributed by atoms with E-state index < -0.39 is 0 Å². The number of H-pyrrole nitrogens is 1. The summed E-state index contributed by atoms with van der Waals surface area (Å²) in [4.78, 5) is 4.48. The molecule has 0 fully saturated rings. The van der Waals surface area contributed by atoms with Crippen molar-refractivity contribution in [2.24, 2.45) is 0 Å². The average Bonchev–Trinajstić information content (AvgIpc) is 2.90. The molecule has 0 saturated carbocycles. The van der Waals surface area contributed by atoms with Crippen LogP contribution in [0, 0.1) is 0 Å². The Morgan fingerprint density at radius 3 is 1.89 bits per heavy atom. The van der Waals surface area contributed by atoms with E-state index in [0.29, 0.717) is 0 Å². The Balaban J connectivity index is 0.00000120. The molecule has 0 unspecified atom stereocenters. The first-order valence-electron chi connectivity index (χ1n) is 5.47. The van der Waals surface area contributed by atoms with Crippen LogP contribution in [0.5, 0.6) is 0 Å². The summed E-state index contributed by atoms with van der Waals surface area (Å²) in [5.74, 6) is 1.52. The third kappa shape index (κ3) is 2.50. The van der Waals surface area contributed by atoms with Crippen LogP contribution >= 0.6 is 0 Å². The summed E-state index contributed by atoms with van der Waals surface area (Å²) < 4.78 is 0. The number of hydrogen-bond donors (Lipinski definition) is 1. The van der Waals surface area contributed by atoms with Gasteiger partial charge in [-0.2, -0.15) is 5.10 Å². The van der Waals surface area contributed by atoms with Crippen molar-refractivity contribution in [3.05, 3.63) is 60.7 Å². The van der Waals surface area contributed by atoms with Crippen molar-refractivity contribution in [2.45, 2.75) is 0 Å². The van der Waals surface area contributed by atoms with Gasteiger partial charge in [-0.05, 0) is 0 Å². The summed E-state index contributed by atoms with van der Waals surface area (Å²) >= 11 is 0. The zero-order valence-corrected chi connectivity index (χ0v) is 10.6. The van der Waals surface area contributed by atoms with Crippen molar-refractivity contribution in [3.8, 4) is 22.8 Å². The fraction of sp³-hybridized carbons (Fsp3) is 0. The molecule has 0 spiro atoms. The van der Waals surface area contributed by atoms with Gasteiger partial charge in [0.25, 0.3) is 0 Å². The molecule has 0 aliphatic rings. The van der Waals surface area contributed by atoms with E-state index in [1.807, 2.05) is 60.7 Å². The van der Waals surface area contributed by atoms with Crippen LogP contribution in [0.25, 0.3) is 22.8 Å². The van der Waals surface area contributed by atoms with Gasteiger partial charge < -0.3 is 0 Å². The van der Waals surface area contributed by atoms with Crippen LogP contribution in [0.15, 0.2) is 60.7 Å². The molecule has 0 aliphatic carbocycles. The second-order valence-electron chi connectivity index (χ2n) is 3.74. The van der Waals surface area contributed by atoms with E-state index in [-0.39, 0.29) is 17.1 Å². The molecule has 18 heavy (non-hydrogen) atoms. The molecule has 0 radical (unpaired) electrons. The maximum Gasteiger partial charge on any atom is 0.181 e. The first kappa shape index (κ1) is 12.6. The Hall–Kier alpha value is -1.90. The minimum Gasteiger partial charge on any atom is -0.259 e. The summed E-state index contributed by atoms with van der Waals surface area (Å²) in [6, 6.07) is 19.9. The van der Waals surface area contributed by atoms with Crippen molar-refractivity contribution in [1.82, 2.24) is 15.2 Å². The van der Waals surface area contributed by atoms with Gasteiger partial charge in [0.1, 0.15) is 0 Å². The maximum absolute atomic E-state index is 4.48. The molecule has 0 atom stereocenters. The van der Waals surface area contributed by atoms with Crippen molar-refractivity contribution in [1.29, 1.82) is 0 Å². The molecule has 3 nitrogen and oxygen atoms in total. The van der Waals surface area contributed by atoms with Gasteiger partial charge >= 0.3 is 0 Å². The second kappa shape index (κ2) is 5.63. The van der Waals surface area contributed by atoms with Gasteiger partial charge in [-0.1, -0.05) is 60.7 Å². The zero-order chi connectivity index (χ0) is 11.5. The number of rotatable bonds is 2. The monoisotopic (exact) mass is 277 g/mol. The second-order valence-corrected chi connectivity index (χ2v) is 3.74. The van der Waals surface area contributed by atoms with E-state index in [0.717, 1.165) is 22.8 Å². The quantitative estimate of drug-likeness (QED) is 0.731. The molecule has 1 aromatic heterocycles. The summed E-state index contributed by atoms with van der Waals surface area (Å²) in [6.45, 7) is 0. The molecule has 3 aromatic rings. The molecule has 1 heterocycles. The van der Waals surface area contributed by atoms with Crippen LogP contribution in [-0.2, 0) is 17.1 Å². The summed E-state index contributed by atoms with van der Waals surface area (Å²) in [7, 11) is 0. The first-order chi connectivity index (χ1) is 8.43. The smallest absolute Gasteiger partial charge is 0.181 e. The molecule has 0 saturated heterocycles. The van der Waals surface area contributed by atoms with Crippen molar-refractivity contribution in [3.63, 3.8) is 0 Å². The van der Waals surface area contributed by atoms with Crippen LogP contribution < -0.4 is 0 Å². The van der Waals surface area contributed by atoms with E-state index in [2.05, 4.69) is 15.2 Å². The minimum atomic E-state index is 0. The topological polar surface area (TPSA) is 41.6 Å². The third-order valence-corrected chi connectivity index (χ3v) is 2.56. The van der Waals surface area contributed by atoms with Crippen molar-refractivity contribution in [2.75, 3.05) is 0 Å². The molecular weight excluding hydrogens is 266 g/mol. The molecular formula is C14H11FeN3. The van der Waals surface area contributed by atoms with E-state index in [1.54, 1.807) is 0 Å². The summed E-state index contributed by atoms with van der Waals surface area (Å²) in [6.07, 6.45) is 0. The van der Waals surface area contributed by atoms with Crippen molar-refractivity contribution < 1.29 is 17.1 Å². The maximum atomic E-state index is 4.48. The van der Waals surface area contributed by atoms with Gasteiger partial charge in [-0.3, -0.25) is 5.10 Å². The Morgan fingerprint density at radius 2 is 1.28 bits per heavy atom. The molecule has 3 rings (SSSR count). The minimum absolute atomic E-state index is 0. The molecule has 2 aromatic carbocycles. The third-order valence-electron chi connectivity index (χ3n) is 2.56. The molecule has 0 amide bonds. The SMILES string of the molecule is [Fe].c1ccc(-c2n[nH]c(-c3ccccc3)n2)cc1. The fourth-order valence-corrected chi connectivity index (χ4v) is 1.70. The van der Waals surface area contributed by atoms with Gasteiger partial charge in [-0.15, -0.1) is 0 Å². The van der Waals surface area contributed by atoms with Gasteiger partial charge in [-0.25, -0.2) is 4.98 Å². The van der Waals surface area contributed by atoms with Gasteiger partial charge in [0.15, 0.2) is 11.6 Å². The summed E-state index contributed by atoms with van der Waals surface area (Å²) in [5, 5.41) is 7.19. The van der Waals surface area contributed by atoms with Crippen LogP contribution in [-0.4, -0.2) is 15.2 Å². The van der Waals surface area contributed by atoms with E-state index in [1.165, 1.54) is 0 Å². The van der Waals surface area contributed by atoms with Gasteiger partial charge in [0, 0.05) is 28.2 Å². The van der Waals surface area contributed by atoms with E-state index >= 15 is 0 Å². The van der Waals surface area contributed by atoms with Crippen LogP contribution in [0.3, 0.4) is 0 Å². The molecule has 1 N–H and O–H groups in total. The van der Waals surface area contributed by atoms with E-state index in [9.17, 15) is 0 Å². The predicted octanol–water partition coefficient (Wildman–Crippen LogP) is 3.14. The van der Waals surface area contributed by atoms with Crippen LogP contribution in [0.2, 0.25) is 0 Å². The number of nitrogens with zero attached hydrogens (tertiary/aromatic N) is 2. The molecule has 90 valence electrons. The first-order valence-corrected chi connectivity index (χ1v) is 5.47. The number of hydrogen-bond acceptors (Lipinski definition) is 2. The zero-order valence-electron chi connectivity index (χ0n) is 9.52. The number of aromatic amines is 1. The van der Waals surface area contributed by atoms with Gasteiger partial charge in [0.2, 0.25) is 0 Å². The normalized spacial score (nSPS) is 9.78. The molecule has 0 aliphatic heterocycles. The molecule has 4 heteroatoms. The Kier molecular flexibility index (Phi) is 3.92. The molecule has 0 bridgehead atoms. The number of benzene rings is 2. The Morgan fingerprint density at radius 1 is 0.722 bits per heavy atom. The Bertz CT molecular complexity index is 551. The van der Waals surface area contributed by atoms with Crippen molar-refractivity contribution >= 4 is 0 Å². The van der Waals surface area contributed by atoms with Gasteiger partial charge in [0.05, 0.1) is 0 Å². The number of nitrogens with one attached hydrogen (secondary N) is 1. The Labute approximate surface area is 116 Å². The average molecular weight is 277 g/mol.